The third-order valence-corrected chi connectivity index (χ3v) is 3.99. The van der Waals surface area contributed by atoms with Crippen LogP contribution in [0.25, 0.3) is 0 Å². The van der Waals surface area contributed by atoms with Gasteiger partial charge in [0.25, 0.3) is 0 Å². The van der Waals surface area contributed by atoms with Crippen molar-refractivity contribution in [2.45, 2.75) is 25.3 Å². The quantitative estimate of drug-likeness (QED) is 0.834. The van der Waals surface area contributed by atoms with E-state index in [0.29, 0.717) is 13.1 Å². The normalized spacial score (nSPS) is 20.6. The summed E-state index contributed by atoms with van der Waals surface area (Å²) in [6.45, 7) is 1.16. The molecule has 21 heavy (non-hydrogen) atoms. The molecule has 2 amide bonds. The first-order valence-electron chi connectivity index (χ1n) is 7.54. The van der Waals surface area contributed by atoms with Crippen LogP contribution in [-0.2, 0) is 16.0 Å². The van der Waals surface area contributed by atoms with Crippen LogP contribution in [0.15, 0.2) is 42.5 Å². The molecule has 1 aromatic carbocycles. The van der Waals surface area contributed by atoms with Gasteiger partial charge < -0.3 is 10.2 Å². The van der Waals surface area contributed by atoms with Gasteiger partial charge in [-0.2, -0.15) is 0 Å². The van der Waals surface area contributed by atoms with Crippen molar-refractivity contribution >= 4 is 11.8 Å². The van der Waals surface area contributed by atoms with Crippen LogP contribution in [0.2, 0.25) is 0 Å². The lowest BCUT2D eigenvalue weighted by Crippen LogP contribution is -2.47. The zero-order valence-corrected chi connectivity index (χ0v) is 12.0. The number of carbonyl (C=O) groups excluding carboxylic acids is 2. The molecule has 3 rings (SSSR count). The maximum Gasteiger partial charge on any atom is 0.246 e. The Morgan fingerprint density at radius 1 is 1.19 bits per heavy atom. The molecule has 1 aromatic rings. The van der Waals surface area contributed by atoms with E-state index in [-0.39, 0.29) is 17.7 Å². The van der Waals surface area contributed by atoms with E-state index in [0.717, 1.165) is 19.3 Å². The number of amides is 2. The highest BCUT2D eigenvalue weighted by Gasteiger charge is 2.38. The summed E-state index contributed by atoms with van der Waals surface area (Å²) in [4.78, 5) is 26.1. The average molecular weight is 284 g/mol. The second-order valence-corrected chi connectivity index (χ2v) is 5.66. The van der Waals surface area contributed by atoms with Crippen LogP contribution in [0.5, 0.6) is 0 Å². The molecule has 2 aliphatic rings. The van der Waals surface area contributed by atoms with Crippen molar-refractivity contribution in [2.75, 3.05) is 13.1 Å². The summed E-state index contributed by atoms with van der Waals surface area (Å²) in [5.41, 5.74) is 1.20. The first kappa shape index (κ1) is 13.9. The minimum absolute atomic E-state index is 0.0753. The third kappa shape index (κ3) is 3.32. The lowest BCUT2D eigenvalue weighted by molar-refractivity contribution is -0.138. The molecule has 0 aromatic heterocycles. The van der Waals surface area contributed by atoms with Gasteiger partial charge in [-0.15, -0.1) is 0 Å². The van der Waals surface area contributed by atoms with Gasteiger partial charge in [-0.3, -0.25) is 9.59 Å². The van der Waals surface area contributed by atoms with Crippen molar-refractivity contribution in [3.63, 3.8) is 0 Å². The second-order valence-electron chi connectivity index (χ2n) is 5.66. The fraction of sp³-hybridized carbons (Fsp3) is 0.412. The summed E-state index contributed by atoms with van der Waals surface area (Å²) in [6, 6.07) is 9.63. The minimum atomic E-state index is -0.422. The number of nitrogens with one attached hydrogen (secondary N) is 1. The molecule has 1 N–H and O–H groups in total. The predicted octanol–water partition coefficient (Wildman–Crippen LogP) is 1.52. The number of rotatable bonds is 5. The van der Waals surface area contributed by atoms with Crippen LogP contribution >= 0.6 is 0 Å². The number of hydrogen-bond donors (Lipinski definition) is 1. The van der Waals surface area contributed by atoms with Crippen LogP contribution < -0.4 is 5.32 Å². The molecule has 0 spiro atoms. The van der Waals surface area contributed by atoms with Gasteiger partial charge in [0.15, 0.2) is 0 Å². The SMILES string of the molecule is O=C(NCCc1ccccc1)C1C=CCN1C(=O)C1CC1. The summed E-state index contributed by atoms with van der Waals surface area (Å²) in [5, 5.41) is 2.93. The van der Waals surface area contributed by atoms with Crippen LogP contribution in [0.4, 0.5) is 0 Å². The monoisotopic (exact) mass is 284 g/mol. The Morgan fingerprint density at radius 2 is 1.95 bits per heavy atom. The van der Waals surface area contributed by atoms with Gasteiger partial charge in [0.05, 0.1) is 0 Å². The first-order chi connectivity index (χ1) is 10.3. The maximum absolute atomic E-state index is 12.2. The number of hydrogen-bond acceptors (Lipinski definition) is 2. The third-order valence-electron chi connectivity index (χ3n) is 3.99. The standard InChI is InChI=1S/C17H20N2O2/c20-16(18-11-10-13-5-2-1-3-6-13)15-7-4-12-19(15)17(21)14-8-9-14/h1-7,14-15H,8-12H2,(H,18,20). The Morgan fingerprint density at radius 3 is 2.67 bits per heavy atom. The molecule has 1 heterocycles. The fourth-order valence-electron chi connectivity index (χ4n) is 2.62. The smallest absolute Gasteiger partial charge is 0.246 e. The van der Waals surface area contributed by atoms with Gasteiger partial charge in [-0.1, -0.05) is 42.5 Å². The summed E-state index contributed by atoms with van der Waals surface area (Å²) >= 11 is 0. The molecule has 110 valence electrons. The highest BCUT2D eigenvalue weighted by molar-refractivity contribution is 5.91. The molecule has 0 radical (unpaired) electrons. The van der Waals surface area contributed by atoms with E-state index < -0.39 is 6.04 Å². The average Bonchev–Trinajstić information content (AvgIpc) is 3.24. The first-order valence-corrected chi connectivity index (χ1v) is 7.54. The lowest BCUT2D eigenvalue weighted by atomic mass is 10.1. The molecule has 1 atom stereocenters. The van der Waals surface area contributed by atoms with Gasteiger partial charge in [-0.05, 0) is 24.8 Å². The van der Waals surface area contributed by atoms with Crippen molar-refractivity contribution < 1.29 is 9.59 Å². The maximum atomic E-state index is 12.2. The van der Waals surface area contributed by atoms with Gasteiger partial charge in [0.2, 0.25) is 11.8 Å². The number of carbonyl (C=O) groups is 2. The Kier molecular flexibility index (Phi) is 4.04. The molecule has 4 nitrogen and oxygen atoms in total. The molecule has 4 heteroatoms. The van der Waals surface area contributed by atoms with E-state index in [9.17, 15) is 9.59 Å². The van der Waals surface area contributed by atoms with Crippen molar-refractivity contribution in [3.05, 3.63) is 48.0 Å². The highest BCUT2D eigenvalue weighted by Crippen LogP contribution is 2.32. The zero-order chi connectivity index (χ0) is 14.7. The molecule has 1 unspecified atom stereocenters. The summed E-state index contributed by atoms with van der Waals surface area (Å²) in [6.07, 6.45) is 6.48. The van der Waals surface area contributed by atoms with E-state index in [1.165, 1.54) is 5.56 Å². The summed E-state index contributed by atoms with van der Waals surface area (Å²) < 4.78 is 0. The van der Waals surface area contributed by atoms with Crippen molar-refractivity contribution in [2.24, 2.45) is 5.92 Å². The lowest BCUT2D eigenvalue weighted by Gasteiger charge is -2.23. The molecule has 1 aliphatic carbocycles. The Bertz CT molecular complexity index is 549. The summed E-state index contributed by atoms with van der Waals surface area (Å²) in [5.74, 6) is 0.210. The largest absolute Gasteiger partial charge is 0.354 e. The topological polar surface area (TPSA) is 49.4 Å². The summed E-state index contributed by atoms with van der Waals surface area (Å²) in [7, 11) is 0. The molecule has 0 saturated heterocycles. The molecule has 1 saturated carbocycles. The van der Waals surface area contributed by atoms with Gasteiger partial charge in [0.1, 0.15) is 6.04 Å². The van der Waals surface area contributed by atoms with Gasteiger partial charge in [-0.25, -0.2) is 0 Å². The van der Waals surface area contributed by atoms with Crippen LogP contribution in [0, 0.1) is 5.92 Å². The van der Waals surface area contributed by atoms with E-state index >= 15 is 0 Å². The minimum Gasteiger partial charge on any atom is -0.354 e. The predicted molar refractivity (Wildman–Crippen MR) is 80.5 cm³/mol. The Balaban J connectivity index is 1.50. The van der Waals surface area contributed by atoms with Crippen molar-refractivity contribution in [1.29, 1.82) is 0 Å². The number of nitrogens with zero attached hydrogens (tertiary/aromatic N) is 1. The van der Waals surface area contributed by atoms with Gasteiger partial charge in [0, 0.05) is 19.0 Å². The zero-order valence-electron chi connectivity index (χ0n) is 12.0. The van der Waals surface area contributed by atoms with Crippen LogP contribution in [0.3, 0.4) is 0 Å². The Labute approximate surface area is 124 Å². The van der Waals surface area contributed by atoms with E-state index in [1.807, 2.05) is 42.5 Å². The molecular weight excluding hydrogens is 264 g/mol. The van der Waals surface area contributed by atoms with E-state index in [2.05, 4.69) is 5.32 Å². The van der Waals surface area contributed by atoms with Crippen LogP contribution in [-0.4, -0.2) is 35.8 Å². The second kappa shape index (κ2) is 6.12. The molecule has 0 bridgehead atoms. The van der Waals surface area contributed by atoms with Crippen molar-refractivity contribution in [1.82, 2.24) is 10.2 Å². The fourth-order valence-corrected chi connectivity index (χ4v) is 2.62. The van der Waals surface area contributed by atoms with Gasteiger partial charge >= 0.3 is 0 Å². The van der Waals surface area contributed by atoms with Crippen molar-refractivity contribution in [3.8, 4) is 0 Å². The molecule has 1 fully saturated rings. The Hall–Kier alpha value is -2.10. The van der Waals surface area contributed by atoms with Crippen LogP contribution in [0.1, 0.15) is 18.4 Å². The molecular formula is C17H20N2O2. The highest BCUT2D eigenvalue weighted by atomic mass is 16.2. The van der Waals surface area contributed by atoms with E-state index in [1.54, 1.807) is 4.90 Å². The van der Waals surface area contributed by atoms with E-state index in [4.69, 9.17) is 0 Å². The molecule has 1 aliphatic heterocycles. The number of benzene rings is 1.